The van der Waals surface area contributed by atoms with Gasteiger partial charge in [0.1, 0.15) is 0 Å². The van der Waals surface area contributed by atoms with Gasteiger partial charge in [-0.2, -0.15) is 0 Å². The van der Waals surface area contributed by atoms with Crippen LogP contribution in [0.4, 0.5) is 0 Å². The van der Waals surface area contributed by atoms with Gasteiger partial charge < -0.3 is 10.1 Å². The van der Waals surface area contributed by atoms with Crippen molar-refractivity contribution in [1.29, 1.82) is 0 Å². The summed E-state index contributed by atoms with van der Waals surface area (Å²) < 4.78 is 5.50. The van der Waals surface area contributed by atoms with E-state index in [9.17, 15) is 0 Å². The van der Waals surface area contributed by atoms with Gasteiger partial charge in [0.2, 0.25) is 0 Å². The highest BCUT2D eigenvalue weighted by atomic mass is 16.5. The van der Waals surface area contributed by atoms with Crippen molar-refractivity contribution < 1.29 is 4.74 Å². The molecule has 0 aliphatic carbocycles. The third-order valence-electron chi connectivity index (χ3n) is 4.18. The van der Waals surface area contributed by atoms with Crippen molar-refractivity contribution in [3.63, 3.8) is 0 Å². The van der Waals surface area contributed by atoms with Crippen molar-refractivity contribution >= 4 is 0 Å². The third kappa shape index (κ3) is 2.60. The van der Waals surface area contributed by atoms with Crippen LogP contribution in [0, 0.1) is 5.41 Å². The van der Waals surface area contributed by atoms with E-state index < -0.39 is 0 Å². The molecule has 1 N–H and O–H groups in total. The zero-order valence-corrected chi connectivity index (χ0v) is 12.0. The summed E-state index contributed by atoms with van der Waals surface area (Å²) in [5.41, 5.74) is 4.38. The van der Waals surface area contributed by atoms with Crippen LogP contribution in [0.25, 0.3) is 0 Å². The normalized spacial score (nSPS) is 16.7. The minimum atomic E-state index is 0.268. The molecule has 0 saturated carbocycles. The maximum atomic E-state index is 5.50. The maximum Gasteiger partial charge on any atom is 0.0725 e. The van der Waals surface area contributed by atoms with Crippen molar-refractivity contribution in [2.75, 3.05) is 6.54 Å². The van der Waals surface area contributed by atoms with Crippen LogP contribution in [0.3, 0.4) is 0 Å². The number of rotatable bonds is 5. The van der Waals surface area contributed by atoms with E-state index in [1.807, 2.05) is 0 Å². The summed E-state index contributed by atoms with van der Waals surface area (Å²) in [6, 6.07) is 7.23. The first-order valence-corrected chi connectivity index (χ1v) is 7.01. The molecule has 1 aromatic rings. The number of fused-ring (bicyclic) bond motifs is 1. The molecular formula is C16H25NO. The van der Waals surface area contributed by atoms with Crippen molar-refractivity contribution in [2.24, 2.45) is 5.41 Å². The third-order valence-corrected chi connectivity index (χ3v) is 4.18. The quantitative estimate of drug-likeness (QED) is 0.854. The number of hydrogen-bond donors (Lipinski definition) is 1. The summed E-state index contributed by atoms with van der Waals surface area (Å²) in [6.45, 7) is 11.7. The molecule has 0 bridgehead atoms. The predicted octanol–water partition coefficient (Wildman–Crippen LogP) is 3.80. The lowest BCUT2D eigenvalue weighted by Crippen LogP contribution is -2.33. The molecule has 2 heteroatoms. The van der Waals surface area contributed by atoms with Gasteiger partial charge in [-0.05, 0) is 35.1 Å². The van der Waals surface area contributed by atoms with Crippen LogP contribution in [-0.4, -0.2) is 6.54 Å². The SMILES string of the molecule is CCNC(c1ccc2c(c1)COC2)C(C)(C)CC. The molecule has 1 aliphatic heterocycles. The molecule has 0 radical (unpaired) electrons. The van der Waals surface area contributed by atoms with Gasteiger partial charge in [-0.1, -0.05) is 45.9 Å². The van der Waals surface area contributed by atoms with Crippen LogP contribution in [0.2, 0.25) is 0 Å². The second-order valence-corrected chi connectivity index (χ2v) is 5.85. The van der Waals surface area contributed by atoms with Crippen LogP contribution >= 0.6 is 0 Å². The van der Waals surface area contributed by atoms with Crippen LogP contribution in [0.15, 0.2) is 18.2 Å². The fourth-order valence-electron chi connectivity index (χ4n) is 2.63. The highest BCUT2D eigenvalue weighted by Crippen LogP contribution is 2.37. The van der Waals surface area contributed by atoms with E-state index in [-0.39, 0.29) is 5.41 Å². The van der Waals surface area contributed by atoms with Gasteiger partial charge in [0.15, 0.2) is 0 Å². The van der Waals surface area contributed by atoms with Crippen molar-refractivity contribution in [2.45, 2.75) is 53.4 Å². The first-order valence-electron chi connectivity index (χ1n) is 7.01. The molecule has 100 valence electrons. The Kier molecular flexibility index (Phi) is 4.08. The molecule has 0 aromatic heterocycles. The van der Waals surface area contributed by atoms with Crippen LogP contribution in [0.1, 0.15) is 56.8 Å². The van der Waals surface area contributed by atoms with E-state index in [4.69, 9.17) is 4.74 Å². The second kappa shape index (κ2) is 5.41. The van der Waals surface area contributed by atoms with Gasteiger partial charge >= 0.3 is 0 Å². The van der Waals surface area contributed by atoms with Crippen molar-refractivity contribution in [1.82, 2.24) is 5.32 Å². The number of hydrogen-bond acceptors (Lipinski definition) is 2. The van der Waals surface area contributed by atoms with E-state index in [1.54, 1.807) is 0 Å². The zero-order chi connectivity index (χ0) is 13.2. The van der Waals surface area contributed by atoms with E-state index in [2.05, 4.69) is 51.2 Å². The average Bonchev–Trinajstić information content (AvgIpc) is 2.82. The Morgan fingerprint density at radius 3 is 2.61 bits per heavy atom. The molecule has 1 heterocycles. The molecular weight excluding hydrogens is 222 g/mol. The molecule has 0 fully saturated rings. The molecule has 0 amide bonds. The highest BCUT2D eigenvalue weighted by molar-refractivity contribution is 5.35. The lowest BCUT2D eigenvalue weighted by Gasteiger charge is -2.35. The Morgan fingerprint density at radius 1 is 1.22 bits per heavy atom. The number of nitrogens with one attached hydrogen (secondary N) is 1. The first-order chi connectivity index (χ1) is 8.58. The summed E-state index contributed by atoms with van der Waals surface area (Å²) in [4.78, 5) is 0. The minimum Gasteiger partial charge on any atom is -0.372 e. The molecule has 18 heavy (non-hydrogen) atoms. The van der Waals surface area contributed by atoms with Gasteiger partial charge in [0.25, 0.3) is 0 Å². The van der Waals surface area contributed by atoms with Gasteiger partial charge in [-0.15, -0.1) is 0 Å². The van der Waals surface area contributed by atoms with E-state index in [0.29, 0.717) is 6.04 Å². The molecule has 1 aliphatic rings. The standard InChI is InChI=1S/C16H25NO/c1-5-16(3,4)15(17-6-2)12-7-8-13-10-18-11-14(13)9-12/h7-9,15,17H,5-6,10-11H2,1-4H3. The predicted molar refractivity (Wildman–Crippen MR) is 75.4 cm³/mol. The summed E-state index contributed by atoms with van der Waals surface area (Å²) in [5, 5.41) is 3.64. The molecule has 2 nitrogen and oxygen atoms in total. The summed E-state index contributed by atoms with van der Waals surface area (Å²) in [5.74, 6) is 0. The Bertz CT molecular complexity index is 412. The molecule has 1 unspecified atom stereocenters. The molecule has 0 saturated heterocycles. The van der Waals surface area contributed by atoms with Gasteiger partial charge in [0.05, 0.1) is 13.2 Å². The van der Waals surface area contributed by atoms with Crippen molar-refractivity contribution in [3.8, 4) is 0 Å². The monoisotopic (exact) mass is 247 g/mol. The number of benzene rings is 1. The fraction of sp³-hybridized carbons (Fsp3) is 0.625. The molecule has 1 atom stereocenters. The topological polar surface area (TPSA) is 21.3 Å². The van der Waals surface area contributed by atoms with Gasteiger partial charge in [-0.25, -0.2) is 0 Å². The Labute approximate surface area is 111 Å². The smallest absolute Gasteiger partial charge is 0.0725 e. The second-order valence-electron chi connectivity index (χ2n) is 5.85. The summed E-state index contributed by atoms with van der Waals surface area (Å²) in [6.07, 6.45) is 1.16. The maximum absolute atomic E-state index is 5.50. The Balaban J connectivity index is 2.31. The van der Waals surface area contributed by atoms with Gasteiger partial charge in [0, 0.05) is 6.04 Å². The first kappa shape index (κ1) is 13.6. The minimum absolute atomic E-state index is 0.268. The Hall–Kier alpha value is -0.860. The highest BCUT2D eigenvalue weighted by Gasteiger charge is 2.29. The van der Waals surface area contributed by atoms with E-state index >= 15 is 0 Å². The zero-order valence-electron chi connectivity index (χ0n) is 12.0. The summed E-state index contributed by atoms with van der Waals surface area (Å²) >= 11 is 0. The molecule has 2 rings (SSSR count). The lowest BCUT2D eigenvalue weighted by atomic mass is 9.78. The van der Waals surface area contributed by atoms with Crippen LogP contribution in [-0.2, 0) is 18.0 Å². The number of ether oxygens (including phenoxy) is 1. The summed E-state index contributed by atoms with van der Waals surface area (Å²) in [7, 11) is 0. The van der Waals surface area contributed by atoms with E-state index in [1.165, 1.54) is 16.7 Å². The average molecular weight is 247 g/mol. The largest absolute Gasteiger partial charge is 0.372 e. The van der Waals surface area contributed by atoms with Crippen LogP contribution < -0.4 is 5.32 Å². The fourth-order valence-corrected chi connectivity index (χ4v) is 2.63. The van der Waals surface area contributed by atoms with E-state index in [0.717, 1.165) is 26.2 Å². The van der Waals surface area contributed by atoms with Crippen LogP contribution in [0.5, 0.6) is 0 Å². The Morgan fingerprint density at radius 2 is 1.94 bits per heavy atom. The van der Waals surface area contributed by atoms with Gasteiger partial charge in [-0.3, -0.25) is 0 Å². The molecule has 1 aromatic carbocycles. The molecule has 0 spiro atoms. The lowest BCUT2D eigenvalue weighted by molar-refractivity contribution is 0.134. The van der Waals surface area contributed by atoms with Crippen molar-refractivity contribution in [3.05, 3.63) is 34.9 Å².